The van der Waals surface area contributed by atoms with Crippen LogP contribution in [-0.4, -0.2) is 28.0 Å². The van der Waals surface area contributed by atoms with Gasteiger partial charge >= 0.3 is 5.97 Å². The molecule has 0 aliphatic heterocycles. The molecule has 0 aliphatic carbocycles. The van der Waals surface area contributed by atoms with Gasteiger partial charge in [-0.2, -0.15) is 5.26 Å². The van der Waals surface area contributed by atoms with E-state index in [9.17, 15) is 14.9 Å². The Hall–Kier alpha value is -4.16. The molecule has 0 spiro atoms. The van der Waals surface area contributed by atoms with E-state index in [-0.39, 0.29) is 0 Å². The molecule has 166 valence electrons. The third-order valence-corrected chi connectivity index (χ3v) is 6.11. The minimum absolute atomic E-state index is 0.343. The number of esters is 1. The van der Waals surface area contributed by atoms with Crippen molar-refractivity contribution in [3.05, 3.63) is 76.3 Å². The number of ether oxygens (including phenoxy) is 1. The van der Waals surface area contributed by atoms with Crippen molar-refractivity contribution in [3.8, 4) is 6.07 Å². The number of nitrogens with zero attached hydrogens (tertiary/aromatic N) is 3. The zero-order valence-electron chi connectivity index (χ0n) is 18.0. The lowest BCUT2D eigenvalue weighted by Crippen LogP contribution is -2.22. The first-order valence-corrected chi connectivity index (χ1v) is 10.9. The molecule has 3 aromatic heterocycles. The van der Waals surface area contributed by atoms with Gasteiger partial charge in [-0.3, -0.25) is 4.79 Å². The summed E-state index contributed by atoms with van der Waals surface area (Å²) < 4.78 is 13.3. The van der Waals surface area contributed by atoms with E-state index in [1.165, 1.54) is 17.4 Å². The van der Waals surface area contributed by atoms with Crippen LogP contribution in [0.2, 0.25) is 0 Å². The molecular formula is C24H20N4O4S. The topological polar surface area (TPSA) is 110 Å². The molecular weight excluding hydrogens is 440 g/mol. The highest BCUT2D eigenvalue weighted by Gasteiger charge is 2.20. The fourth-order valence-electron chi connectivity index (χ4n) is 3.34. The predicted octanol–water partition coefficient (Wildman–Crippen LogP) is 4.42. The van der Waals surface area contributed by atoms with Gasteiger partial charge in [0.15, 0.2) is 6.61 Å². The lowest BCUT2D eigenvalue weighted by Gasteiger charge is -2.12. The van der Waals surface area contributed by atoms with Crippen molar-refractivity contribution in [1.82, 2.24) is 9.55 Å². The zero-order valence-corrected chi connectivity index (χ0v) is 18.8. The summed E-state index contributed by atoms with van der Waals surface area (Å²) in [5, 5.41) is 13.0. The van der Waals surface area contributed by atoms with Crippen molar-refractivity contribution >= 4 is 45.3 Å². The SMILES string of the molecule is Cc1c(C#N)c(NC(=O)COC(=O)C=Cc2nc3ccccc3s2)n(Cc2ccco2)c1C. The van der Waals surface area contributed by atoms with Crippen LogP contribution in [0, 0.1) is 25.2 Å². The molecule has 0 aliphatic rings. The Kier molecular flexibility index (Phi) is 6.38. The van der Waals surface area contributed by atoms with Gasteiger partial charge in [-0.1, -0.05) is 12.1 Å². The van der Waals surface area contributed by atoms with Gasteiger partial charge < -0.3 is 19.0 Å². The van der Waals surface area contributed by atoms with Crippen molar-refractivity contribution in [2.24, 2.45) is 0 Å². The van der Waals surface area contributed by atoms with Crippen molar-refractivity contribution in [1.29, 1.82) is 5.26 Å². The molecule has 9 heteroatoms. The van der Waals surface area contributed by atoms with E-state index < -0.39 is 18.5 Å². The number of carbonyl (C=O) groups excluding carboxylic acids is 2. The Bertz CT molecular complexity index is 1360. The Labute approximate surface area is 193 Å². The summed E-state index contributed by atoms with van der Waals surface area (Å²) in [6.45, 7) is 3.54. The van der Waals surface area contributed by atoms with E-state index in [2.05, 4.69) is 16.4 Å². The highest BCUT2D eigenvalue weighted by molar-refractivity contribution is 7.19. The molecule has 3 heterocycles. The summed E-state index contributed by atoms with van der Waals surface area (Å²) >= 11 is 1.45. The summed E-state index contributed by atoms with van der Waals surface area (Å²) in [6.07, 6.45) is 4.35. The largest absolute Gasteiger partial charge is 0.467 e. The van der Waals surface area contributed by atoms with Crippen LogP contribution in [0.4, 0.5) is 5.82 Å². The molecule has 33 heavy (non-hydrogen) atoms. The summed E-state index contributed by atoms with van der Waals surface area (Å²) in [6, 6.07) is 13.4. The van der Waals surface area contributed by atoms with E-state index in [4.69, 9.17) is 9.15 Å². The van der Waals surface area contributed by atoms with Crippen molar-refractivity contribution < 1.29 is 18.7 Å². The highest BCUT2D eigenvalue weighted by atomic mass is 32.1. The lowest BCUT2D eigenvalue weighted by molar-refractivity contribution is -0.142. The Morgan fingerprint density at radius 1 is 1.27 bits per heavy atom. The number of benzene rings is 1. The highest BCUT2D eigenvalue weighted by Crippen LogP contribution is 2.27. The maximum absolute atomic E-state index is 12.5. The average Bonchev–Trinajstić information content (AvgIpc) is 3.52. The number of para-hydroxylation sites is 1. The van der Waals surface area contributed by atoms with Crippen molar-refractivity contribution in [3.63, 3.8) is 0 Å². The number of nitrogens with one attached hydrogen (secondary N) is 1. The molecule has 4 rings (SSSR count). The molecule has 0 atom stereocenters. The summed E-state index contributed by atoms with van der Waals surface area (Å²) in [7, 11) is 0. The van der Waals surface area contributed by atoms with Gasteiger partial charge in [-0.15, -0.1) is 11.3 Å². The third kappa shape index (κ3) is 4.86. The smallest absolute Gasteiger partial charge is 0.331 e. The quantitative estimate of drug-likeness (QED) is 0.323. The lowest BCUT2D eigenvalue weighted by atomic mass is 10.2. The molecule has 8 nitrogen and oxygen atoms in total. The van der Waals surface area contributed by atoms with Crippen LogP contribution in [0.5, 0.6) is 0 Å². The number of thiazole rings is 1. The van der Waals surface area contributed by atoms with Crippen LogP contribution < -0.4 is 5.32 Å². The first kappa shape index (κ1) is 22.0. The van der Waals surface area contributed by atoms with Crippen LogP contribution >= 0.6 is 11.3 Å². The minimum atomic E-state index is -0.664. The number of anilines is 1. The van der Waals surface area contributed by atoms with Gasteiger partial charge in [0.1, 0.15) is 22.7 Å². The number of rotatable bonds is 7. The van der Waals surface area contributed by atoms with Crippen LogP contribution in [0.25, 0.3) is 16.3 Å². The van der Waals surface area contributed by atoms with E-state index in [0.29, 0.717) is 28.7 Å². The number of amides is 1. The van der Waals surface area contributed by atoms with Gasteiger partial charge in [-0.25, -0.2) is 9.78 Å². The summed E-state index contributed by atoms with van der Waals surface area (Å²) in [5.41, 5.74) is 2.80. The number of fused-ring (bicyclic) bond motifs is 1. The molecule has 0 bridgehead atoms. The molecule has 1 amide bonds. The maximum Gasteiger partial charge on any atom is 0.331 e. The number of aromatic nitrogens is 2. The van der Waals surface area contributed by atoms with Crippen LogP contribution in [-0.2, 0) is 20.9 Å². The Balaban J connectivity index is 1.40. The first-order valence-electron chi connectivity index (χ1n) is 10.1. The van der Waals surface area contributed by atoms with Crippen LogP contribution in [0.15, 0.2) is 53.2 Å². The molecule has 0 saturated heterocycles. The van der Waals surface area contributed by atoms with Gasteiger partial charge in [0.05, 0.1) is 28.6 Å². The second-order valence-corrected chi connectivity index (χ2v) is 8.28. The summed E-state index contributed by atoms with van der Waals surface area (Å²) in [4.78, 5) is 29.0. The van der Waals surface area contributed by atoms with Gasteiger partial charge in [0, 0.05) is 11.8 Å². The zero-order chi connectivity index (χ0) is 23.4. The molecule has 0 radical (unpaired) electrons. The third-order valence-electron chi connectivity index (χ3n) is 5.11. The number of hydrogen-bond acceptors (Lipinski definition) is 7. The fraction of sp³-hybridized carbons (Fsp3) is 0.167. The molecule has 4 aromatic rings. The van der Waals surface area contributed by atoms with Crippen LogP contribution in [0.1, 0.15) is 27.6 Å². The molecule has 1 N–H and O–H groups in total. The fourth-order valence-corrected chi connectivity index (χ4v) is 4.21. The normalized spacial score (nSPS) is 11.1. The molecule has 0 unspecified atom stereocenters. The van der Waals surface area contributed by atoms with Gasteiger partial charge in [0.2, 0.25) is 0 Å². The number of nitriles is 1. The van der Waals surface area contributed by atoms with Crippen molar-refractivity contribution in [2.45, 2.75) is 20.4 Å². The number of carbonyl (C=O) groups is 2. The van der Waals surface area contributed by atoms with Crippen LogP contribution in [0.3, 0.4) is 0 Å². The monoisotopic (exact) mass is 460 g/mol. The maximum atomic E-state index is 12.5. The second kappa shape index (κ2) is 9.54. The van der Waals surface area contributed by atoms with E-state index in [0.717, 1.165) is 21.5 Å². The first-order chi connectivity index (χ1) is 16.0. The van der Waals surface area contributed by atoms with E-state index in [1.807, 2.05) is 44.2 Å². The number of furan rings is 1. The van der Waals surface area contributed by atoms with E-state index in [1.54, 1.807) is 23.0 Å². The average molecular weight is 461 g/mol. The number of hydrogen-bond donors (Lipinski definition) is 1. The minimum Gasteiger partial charge on any atom is -0.467 e. The molecule has 0 fully saturated rings. The second-order valence-electron chi connectivity index (χ2n) is 7.22. The Morgan fingerprint density at radius 3 is 2.82 bits per heavy atom. The Morgan fingerprint density at radius 2 is 2.09 bits per heavy atom. The standard InChI is InChI=1S/C24H20N4O4S/c1-15-16(2)28(13-17-6-5-11-31-17)24(18(15)12-25)27-21(29)14-32-23(30)10-9-22-26-19-7-3-4-8-20(19)33-22/h3-11H,13-14H2,1-2H3,(H,27,29). The van der Waals surface area contributed by atoms with E-state index >= 15 is 0 Å². The van der Waals surface area contributed by atoms with Gasteiger partial charge in [0.25, 0.3) is 5.91 Å². The summed E-state index contributed by atoms with van der Waals surface area (Å²) in [5.74, 6) is -0.191. The van der Waals surface area contributed by atoms with Gasteiger partial charge in [-0.05, 0) is 49.8 Å². The molecule has 0 saturated carbocycles. The van der Waals surface area contributed by atoms with Crippen molar-refractivity contribution in [2.75, 3.05) is 11.9 Å². The predicted molar refractivity (Wildman–Crippen MR) is 125 cm³/mol. The molecule has 1 aromatic carbocycles.